The Hall–Kier alpha value is -3.53. The first-order chi connectivity index (χ1) is 13.5. The zero-order valence-corrected chi connectivity index (χ0v) is 16.2. The Kier molecular flexibility index (Phi) is 6.12. The monoisotopic (exact) mass is 372 g/mol. The fraction of sp³-hybridized carbons (Fsp3) is 0.125. The van der Waals surface area contributed by atoms with Crippen LogP contribution in [0.4, 0.5) is 0 Å². The van der Waals surface area contributed by atoms with Crippen LogP contribution in [0.25, 0.3) is 16.8 Å². The van der Waals surface area contributed by atoms with Crippen molar-refractivity contribution in [2.45, 2.75) is 13.8 Å². The number of rotatable bonds is 7. The molecule has 0 spiro atoms. The Labute approximate surface area is 165 Å². The van der Waals surface area contributed by atoms with E-state index in [9.17, 15) is 4.79 Å². The molecule has 3 aromatic carbocycles. The number of amides is 1. The van der Waals surface area contributed by atoms with Crippen molar-refractivity contribution in [2.24, 2.45) is 0 Å². The zero-order chi connectivity index (χ0) is 19.9. The third-order valence-electron chi connectivity index (χ3n) is 4.54. The molecule has 3 aromatic rings. The fourth-order valence-electron chi connectivity index (χ4n) is 2.70. The number of hydrogen-bond acceptors (Lipinski definition) is 3. The van der Waals surface area contributed by atoms with Gasteiger partial charge in [0.1, 0.15) is 5.75 Å². The molecule has 3 rings (SSSR count). The highest BCUT2D eigenvalue weighted by atomic mass is 16.5. The van der Waals surface area contributed by atoms with E-state index in [2.05, 4.69) is 29.6 Å². The van der Waals surface area contributed by atoms with Gasteiger partial charge in [-0.25, -0.2) is 0 Å². The van der Waals surface area contributed by atoms with Crippen LogP contribution in [0.2, 0.25) is 0 Å². The van der Waals surface area contributed by atoms with Crippen molar-refractivity contribution in [3.63, 3.8) is 0 Å². The SMILES string of the molecule is C=C(NNC(=O)COc1ccc(C)c(C)c1)c1ccc(-c2ccccc2)cc1. The van der Waals surface area contributed by atoms with Gasteiger partial charge in [0.2, 0.25) is 0 Å². The molecule has 0 atom stereocenters. The van der Waals surface area contributed by atoms with Crippen molar-refractivity contribution >= 4 is 11.6 Å². The summed E-state index contributed by atoms with van der Waals surface area (Å²) in [5.41, 5.74) is 11.6. The van der Waals surface area contributed by atoms with Crippen molar-refractivity contribution in [2.75, 3.05) is 6.61 Å². The van der Waals surface area contributed by atoms with Crippen molar-refractivity contribution < 1.29 is 9.53 Å². The van der Waals surface area contributed by atoms with E-state index in [1.165, 1.54) is 5.56 Å². The van der Waals surface area contributed by atoms with Crippen LogP contribution in [0, 0.1) is 13.8 Å². The summed E-state index contributed by atoms with van der Waals surface area (Å²) in [6, 6.07) is 23.9. The second-order valence-corrected chi connectivity index (χ2v) is 6.63. The molecule has 2 N–H and O–H groups in total. The Balaban J connectivity index is 1.49. The lowest BCUT2D eigenvalue weighted by atomic mass is 10.0. The lowest BCUT2D eigenvalue weighted by Crippen LogP contribution is -2.38. The highest BCUT2D eigenvalue weighted by Crippen LogP contribution is 2.21. The first kappa shape index (κ1) is 19.2. The minimum Gasteiger partial charge on any atom is -0.484 e. The van der Waals surface area contributed by atoms with Crippen LogP contribution in [0.3, 0.4) is 0 Å². The summed E-state index contributed by atoms with van der Waals surface area (Å²) in [4.78, 5) is 12.0. The van der Waals surface area contributed by atoms with Crippen LogP contribution in [0.15, 0.2) is 79.4 Å². The van der Waals surface area contributed by atoms with Gasteiger partial charge >= 0.3 is 0 Å². The predicted octanol–water partition coefficient (Wildman–Crippen LogP) is 4.64. The molecule has 4 heteroatoms. The van der Waals surface area contributed by atoms with Gasteiger partial charge in [0.25, 0.3) is 5.91 Å². The summed E-state index contributed by atoms with van der Waals surface area (Å²) in [7, 11) is 0. The Bertz CT molecular complexity index is 964. The van der Waals surface area contributed by atoms with E-state index < -0.39 is 0 Å². The van der Waals surface area contributed by atoms with Crippen molar-refractivity contribution in [1.29, 1.82) is 0 Å². The first-order valence-electron chi connectivity index (χ1n) is 9.12. The van der Waals surface area contributed by atoms with E-state index in [0.717, 1.165) is 22.3 Å². The molecule has 0 saturated carbocycles. The second-order valence-electron chi connectivity index (χ2n) is 6.63. The Morgan fingerprint density at radius 1 is 0.857 bits per heavy atom. The van der Waals surface area contributed by atoms with Gasteiger partial charge in [-0.3, -0.25) is 15.6 Å². The molecule has 4 nitrogen and oxygen atoms in total. The number of aryl methyl sites for hydroxylation is 2. The highest BCUT2D eigenvalue weighted by Gasteiger charge is 2.05. The standard InChI is InChI=1S/C24H24N2O2/c1-17-9-14-23(15-18(17)2)28-16-24(27)26-25-19(3)20-10-12-22(13-11-20)21-7-5-4-6-8-21/h4-15,25H,3,16H2,1-2H3,(H,26,27). The fourth-order valence-corrected chi connectivity index (χ4v) is 2.70. The maximum absolute atomic E-state index is 12.0. The number of hydrogen-bond donors (Lipinski definition) is 2. The van der Waals surface area contributed by atoms with E-state index in [-0.39, 0.29) is 12.5 Å². The van der Waals surface area contributed by atoms with Crippen LogP contribution >= 0.6 is 0 Å². The third-order valence-corrected chi connectivity index (χ3v) is 4.54. The molecule has 0 aliphatic heterocycles. The molecule has 0 radical (unpaired) electrons. The molecule has 0 saturated heterocycles. The van der Waals surface area contributed by atoms with Crippen LogP contribution < -0.4 is 15.6 Å². The molecule has 28 heavy (non-hydrogen) atoms. The summed E-state index contributed by atoms with van der Waals surface area (Å²) in [6.07, 6.45) is 0. The highest BCUT2D eigenvalue weighted by molar-refractivity contribution is 5.78. The van der Waals surface area contributed by atoms with E-state index >= 15 is 0 Å². The molecule has 1 amide bonds. The molecule has 0 fully saturated rings. The lowest BCUT2D eigenvalue weighted by Gasteiger charge is -2.13. The van der Waals surface area contributed by atoms with Crippen LogP contribution in [0.5, 0.6) is 5.75 Å². The van der Waals surface area contributed by atoms with Gasteiger partial charge in [-0.1, -0.05) is 67.2 Å². The average molecular weight is 372 g/mol. The quantitative estimate of drug-likeness (QED) is 0.594. The predicted molar refractivity (Wildman–Crippen MR) is 114 cm³/mol. The van der Waals surface area contributed by atoms with Crippen molar-refractivity contribution in [3.8, 4) is 16.9 Å². The summed E-state index contributed by atoms with van der Waals surface area (Å²) < 4.78 is 5.52. The van der Waals surface area contributed by atoms with E-state index in [0.29, 0.717) is 11.4 Å². The van der Waals surface area contributed by atoms with E-state index in [1.54, 1.807) is 0 Å². The number of carbonyl (C=O) groups excluding carboxylic acids is 1. The maximum Gasteiger partial charge on any atom is 0.276 e. The summed E-state index contributed by atoms with van der Waals surface area (Å²) in [5, 5.41) is 0. The number of carbonyl (C=O) groups is 1. The van der Waals surface area contributed by atoms with Gasteiger partial charge in [-0.2, -0.15) is 0 Å². The number of nitrogens with one attached hydrogen (secondary N) is 2. The molecule has 0 heterocycles. The summed E-state index contributed by atoms with van der Waals surface area (Å²) >= 11 is 0. The van der Waals surface area contributed by atoms with Crippen LogP contribution in [-0.2, 0) is 4.79 Å². The Morgan fingerprint density at radius 3 is 2.21 bits per heavy atom. The van der Waals surface area contributed by atoms with Crippen LogP contribution in [-0.4, -0.2) is 12.5 Å². The lowest BCUT2D eigenvalue weighted by molar-refractivity contribution is -0.123. The average Bonchev–Trinajstić information content (AvgIpc) is 2.73. The minimum atomic E-state index is -0.278. The first-order valence-corrected chi connectivity index (χ1v) is 9.12. The molecule has 0 aliphatic carbocycles. The summed E-state index contributed by atoms with van der Waals surface area (Å²) in [6.45, 7) is 7.94. The van der Waals surface area contributed by atoms with Gasteiger partial charge < -0.3 is 4.74 Å². The number of hydrazine groups is 1. The molecular weight excluding hydrogens is 348 g/mol. The molecular formula is C24H24N2O2. The normalized spacial score (nSPS) is 10.2. The van der Waals surface area contributed by atoms with E-state index in [4.69, 9.17) is 4.74 Å². The van der Waals surface area contributed by atoms with Gasteiger partial charge in [-0.05, 0) is 53.8 Å². The molecule has 0 aliphatic rings. The van der Waals surface area contributed by atoms with Gasteiger partial charge in [0.05, 0.1) is 5.70 Å². The maximum atomic E-state index is 12.0. The van der Waals surface area contributed by atoms with Gasteiger partial charge in [0, 0.05) is 0 Å². The topological polar surface area (TPSA) is 50.4 Å². The molecule has 0 aromatic heterocycles. The molecule has 0 unspecified atom stereocenters. The summed E-state index contributed by atoms with van der Waals surface area (Å²) in [5.74, 6) is 0.397. The molecule has 0 bridgehead atoms. The van der Waals surface area contributed by atoms with E-state index in [1.807, 2.05) is 74.5 Å². The smallest absolute Gasteiger partial charge is 0.276 e. The Morgan fingerprint density at radius 2 is 1.54 bits per heavy atom. The van der Waals surface area contributed by atoms with Gasteiger partial charge in [0.15, 0.2) is 6.61 Å². The van der Waals surface area contributed by atoms with Crippen molar-refractivity contribution in [3.05, 3.63) is 96.1 Å². The molecule has 142 valence electrons. The second kappa shape index (κ2) is 8.91. The third kappa shape index (κ3) is 5.01. The number of benzene rings is 3. The zero-order valence-electron chi connectivity index (χ0n) is 16.2. The van der Waals surface area contributed by atoms with Gasteiger partial charge in [-0.15, -0.1) is 0 Å². The van der Waals surface area contributed by atoms with Crippen molar-refractivity contribution in [1.82, 2.24) is 10.9 Å². The number of ether oxygens (including phenoxy) is 1. The minimum absolute atomic E-state index is 0.0737. The largest absolute Gasteiger partial charge is 0.484 e. The van der Waals surface area contributed by atoms with Crippen LogP contribution in [0.1, 0.15) is 16.7 Å².